The van der Waals surface area contributed by atoms with Crippen molar-refractivity contribution in [3.8, 4) is 5.75 Å². The van der Waals surface area contributed by atoms with Gasteiger partial charge < -0.3 is 20.5 Å². The highest BCUT2D eigenvalue weighted by Gasteiger charge is 2.35. The number of rotatable bonds is 2. The predicted molar refractivity (Wildman–Crippen MR) is 105 cm³/mol. The molecule has 2 amide bonds. The van der Waals surface area contributed by atoms with E-state index in [1.54, 1.807) is 6.07 Å². The second-order valence-electron chi connectivity index (χ2n) is 8.24. The topological polar surface area (TPSA) is 70.6 Å². The summed E-state index contributed by atoms with van der Waals surface area (Å²) in [6.07, 6.45) is 2.22. The largest absolute Gasteiger partial charge is 0.487 e. The quantitative estimate of drug-likeness (QED) is 0.730. The number of halogens is 1. The minimum atomic E-state index is -0.473. The van der Waals surface area contributed by atoms with E-state index < -0.39 is 5.60 Å². The average Bonchev–Trinajstić information content (AvgIpc) is 2.62. The predicted octanol–water partition coefficient (Wildman–Crippen LogP) is 4.10. The van der Waals surface area contributed by atoms with Crippen molar-refractivity contribution in [3.63, 3.8) is 0 Å². The van der Waals surface area contributed by atoms with Gasteiger partial charge in [0.05, 0.1) is 12.1 Å². The Hall–Kier alpha value is -2.60. The Morgan fingerprint density at radius 1 is 1.29 bits per heavy atom. The fourth-order valence-corrected chi connectivity index (χ4v) is 4.16. The molecule has 2 atom stereocenters. The number of hydrogen-bond acceptors (Lipinski definition) is 3. The molecule has 0 saturated heterocycles. The van der Waals surface area contributed by atoms with Crippen molar-refractivity contribution >= 4 is 11.7 Å². The van der Waals surface area contributed by atoms with Gasteiger partial charge in [0, 0.05) is 24.1 Å². The van der Waals surface area contributed by atoms with Crippen LogP contribution in [0.3, 0.4) is 0 Å². The maximum absolute atomic E-state index is 13.8. The molecule has 0 fully saturated rings. The van der Waals surface area contributed by atoms with Crippen molar-refractivity contribution in [3.05, 3.63) is 58.9 Å². The highest BCUT2D eigenvalue weighted by atomic mass is 19.1. The van der Waals surface area contributed by atoms with Crippen LogP contribution < -0.4 is 15.4 Å². The molecule has 6 heteroatoms. The number of benzene rings is 2. The molecule has 0 radical (unpaired) electrons. The number of amides is 2. The first-order chi connectivity index (χ1) is 13.3. The lowest BCUT2D eigenvalue weighted by Gasteiger charge is -2.38. The fourth-order valence-electron chi connectivity index (χ4n) is 4.16. The van der Waals surface area contributed by atoms with Crippen LogP contribution in [-0.4, -0.2) is 22.8 Å². The molecule has 2 aliphatic rings. The van der Waals surface area contributed by atoms with Crippen molar-refractivity contribution in [2.75, 3.05) is 5.32 Å². The molecular weight excluding hydrogens is 359 g/mol. The smallest absolute Gasteiger partial charge is 0.319 e. The molecule has 1 aliphatic heterocycles. The standard InChI is InChI=1S/C22H25FN2O3/c1-22(2)12-19(17-10-14(23)7-9-20(17)28-22)25-21(27)24-18-5-3-4-13-6-8-15(26)11-16(13)18/h3-5,7,9-10,15,19,26H,6,8,11-12H2,1-2H3,(H2,24,25,27)/t15-,19+/m0/s1. The van der Waals surface area contributed by atoms with Crippen molar-refractivity contribution in [2.45, 2.75) is 57.3 Å². The van der Waals surface area contributed by atoms with Gasteiger partial charge in [-0.3, -0.25) is 0 Å². The summed E-state index contributed by atoms with van der Waals surface area (Å²) in [6.45, 7) is 3.89. The van der Waals surface area contributed by atoms with Gasteiger partial charge in [0.1, 0.15) is 17.2 Å². The fraction of sp³-hybridized carbons (Fsp3) is 0.409. The molecule has 1 aliphatic carbocycles. The summed E-state index contributed by atoms with van der Waals surface area (Å²) in [6, 6.07) is 9.45. The summed E-state index contributed by atoms with van der Waals surface area (Å²) in [5.74, 6) is 0.226. The highest BCUT2D eigenvalue weighted by Crippen LogP contribution is 2.39. The van der Waals surface area contributed by atoms with Crippen molar-refractivity contribution in [1.82, 2.24) is 5.32 Å². The third-order valence-corrected chi connectivity index (χ3v) is 5.44. The van der Waals surface area contributed by atoms with Gasteiger partial charge in [-0.25, -0.2) is 9.18 Å². The summed E-state index contributed by atoms with van der Waals surface area (Å²) >= 11 is 0. The molecule has 4 rings (SSSR count). The molecule has 148 valence electrons. The summed E-state index contributed by atoms with van der Waals surface area (Å²) in [5.41, 5.74) is 3.01. The van der Waals surface area contributed by atoms with Gasteiger partial charge in [0.25, 0.3) is 0 Å². The van der Waals surface area contributed by atoms with E-state index >= 15 is 0 Å². The maximum Gasteiger partial charge on any atom is 0.319 e. The number of aliphatic hydroxyl groups is 1. The summed E-state index contributed by atoms with van der Waals surface area (Å²) in [7, 11) is 0. The van der Waals surface area contributed by atoms with Gasteiger partial charge in [-0.1, -0.05) is 12.1 Å². The number of aliphatic hydroxyl groups excluding tert-OH is 1. The molecule has 0 spiro atoms. The highest BCUT2D eigenvalue weighted by molar-refractivity contribution is 5.90. The minimum Gasteiger partial charge on any atom is -0.487 e. The number of ether oxygens (including phenoxy) is 1. The molecular formula is C22H25FN2O3. The molecule has 28 heavy (non-hydrogen) atoms. The first-order valence-corrected chi connectivity index (χ1v) is 9.65. The zero-order chi connectivity index (χ0) is 19.9. The Balaban J connectivity index is 1.54. The number of carbonyl (C=O) groups excluding carboxylic acids is 1. The van der Waals surface area contributed by atoms with E-state index in [1.807, 2.05) is 32.0 Å². The third kappa shape index (κ3) is 3.83. The number of hydrogen-bond donors (Lipinski definition) is 3. The Kier molecular flexibility index (Phi) is 4.75. The van der Waals surface area contributed by atoms with Crippen LogP contribution in [0, 0.1) is 5.82 Å². The van der Waals surface area contributed by atoms with E-state index in [-0.39, 0.29) is 24.0 Å². The van der Waals surface area contributed by atoms with Crippen LogP contribution in [0.2, 0.25) is 0 Å². The molecule has 0 saturated carbocycles. The van der Waals surface area contributed by atoms with Crippen LogP contribution in [0.4, 0.5) is 14.9 Å². The second-order valence-corrected chi connectivity index (χ2v) is 8.24. The average molecular weight is 384 g/mol. The summed E-state index contributed by atoms with van der Waals surface area (Å²) in [5, 5.41) is 15.9. The Labute approximate surface area is 163 Å². The zero-order valence-electron chi connectivity index (χ0n) is 16.1. The lowest BCUT2D eigenvalue weighted by molar-refractivity contribution is 0.0680. The van der Waals surface area contributed by atoms with Crippen LogP contribution in [0.15, 0.2) is 36.4 Å². The van der Waals surface area contributed by atoms with E-state index in [0.29, 0.717) is 29.8 Å². The number of fused-ring (bicyclic) bond motifs is 2. The van der Waals surface area contributed by atoms with Gasteiger partial charge in [0.15, 0.2) is 0 Å². The van der Waals surface area contributed by atoms with Crippen molar-refractivity contribution < 1.29 is 19.0 Å². The molecule has 5 nitrogen and oxygen atoms in total. The molecule has 0 bridgehead atoms. The lowest BCUT2D eigenvalue weighted by atomic mass is 9.88. The minimum absolute atomic E-state index is 0.355. The zero-order valence-corrected chi connectivity index (χ0v) is 16.1. The number of anilines is 1. The summed E-state index contributed by atoms with van der Waals surface area (Å²) in [4.78, 5) is 12.7. The summed E-state index contributed by atoms with van der Waals surface area (Å²) < 4.78 is 19.7. The Morgan fingerprint density at radius 3 is 2.93 bits per heavy atom. The van der Waals surface area contributed by atoms with Gasteiger partial charge >= 0.3 is 6.03 Å². The number of nitrogens with one attached hydrogen (secondary N) is 2. The number of carbonyl (C=O) groups is 1. The van der Waals surface area contributed by atoms with Crippen LogP contribution in [-0.2, 0) is 12.8 Å². The SMILES string of the molecule is CC1(C)C[C@@H](NC(=O)Nc2cccc3c2C[C@@H](O)CC3)c2cc(F)ccc2O1. The van der Waals surface area contributed by atoms with Crippen LogP contribution >= 0.6 is 0 Å². The molecule has 3 N–H and O–H groups in total. The van der Waals surface area contributed by atoms with Crippen LogP contribution in [0.5, 0.6) is 5.75 Å². The van der Waals surface area contributed by atoms with E-state index in [1.165, 1.54) is 12.1 Å². The molecule has 2 aromatic carbocycles. The van der Waals surface area contributed by atoms with Gasteiger partial charge in [-0.2, -0.15) is 0 Å². The molecule has 2 aromatic rings. The van der Waals surface area contributed by atoms with E-state index in [0.717, 1.165) is 24.0 Å². The monoisotopic (exact) mass is 384 g/mol. The first kappa shape index (κ1) is 18.7. The maximum atomic E-state index is 13.8. The third-order valence-electron chi connectivity index (χ3n) is 5.44. The van der Waals surface area contributed by atoms with E-state index in [2.05, 4.69) is 10.6 Å². The van der Waals surface area contributed by atoms with E-state index in [4.69, 9.17) is 4.74 Å². The molecule has 0 unspecified atom stereocenters. The second kappa shape index (κ2) is 7.09. The van der Waals surface area contributed by atoms with Gasteiger partial charge in [0.2, 0.25) is 0 Å². The number of aryl methyl sites for hydroxylation is 1. The Bertz CT molecular complexity index is 913. The van der Waals surface area contributed by atoms with Crippen molar-refractivity contribution in [1.29, 1.82) is 0 Å². The first-order valence-electron chi connectivity index (χ1n) is 9.65. The van der Waals surface area contributed by atoms with Crippen molar-refractivity contribution in [2.24, 2.45) is 0 Å². The van der Waals surface area contributed by atoms with Gasteiger partial charge in [-0.05, 0) is 62.1 Å². The lowest BCUT2D eigenvalue weighted by Crippen LogP contribution is -2.42. The van der Waals surface area contributed by atoms with Crippen LogP contribution in [0.1, 0.15) is 49.4 Å². The molecule has 0 aromatic heterocycles. The Morgan fingerprint density at radius 2 is 2.11 bits per heavy atom. The van der Waals surface area contributed by atoms with Gasteiger partial charge in [-0.15, -0.1) is 0 Å². The van der Waals surface area contributed by atoms with E-state index in [9.17, 15) is 14.3 Å². The van der Waals surface area contributed by atoms with Crippen LogP contribution in [0.25, 0.3) is 0 Å². The normalized spacial score (nSPS) is 22.4. The molecule has 1 heterocycles. The number of urea groups is 1.